The third kappa shape index (κ3) is 5.37. The smallest absolute Gasteiger partial charge is 0.287 e. The van der Waals surface area contributed by atoms with E-state index < -0.39 is 12.0 Å². The second-order valence-electron chi connectivity index (χ2n) is 6.01. The van der Waals surface area contributed by atoms with Crippen LogP contribution in [0.5, 0.6) is 11.5 Å². The Labute approximate surface area is 171 Å². The second-order valence-corrected chi connectivity index (χ2v) is 6.93. The number of aliphatic hydroxyl groups excluding tert-OH is 1. The van der Waals surface area contributed by atoms with Crippen LogP contribution in [-0.4, -0.2) is 24.7 Å². The third-order valence-electron chi connectivity index (χ3n) is 4.02. The van der Waals surface area contributed by atoms with Gasteiger partial charge in [0.2, 0.25) is 0 Å². The summed E-state index contributed by atoms with van der Waals surface area (Å²) in [6.45, 7) is 0.272. The van der Waals surface area contributed by atoms with Gasteiger partial charge in [-0.05, 0) is 48.0 Å². The number of carbonyl (C=O) groups excluding carboxylic acids is 1. The standard InChI is InChI=1S/C21H20BrNO5/c1-26-16-7-5-14(6-8-16)19(24)12-23-21(25)20-10-9-18(28-20)13-27-17-4-2-3-15(22)11-17/h2-11,19,24H,12-13H2,1H3,(H,23,25). The lowest BCUT2D eigenvalue weighted by Gasteiger charge is -2.12. The Morgan fingerprint density at radius 3 is 2.64 bits per heavy atom. The van der Waals surface area contributed by atoms with Crippen molar-refractivity contribution in [2.24, 2.45) is 0 Å². The number of rotatable bonds is 8. The van der Waals surface area contributed by atoms with Crippen LogP contribution in [0.2, 0.25) is 0 Å². The maximum absolute atomic E-state index is 12.2. The van der Waals surface area contributed by atoms with Gasteiger partial charge in [0.15, 0.2) is 5.76 Å². The molecule has 3 aromatic rings. The predicted octanol–water partition coefficient (Wildman–Crippen LogP) is 4.09. The van der Waals surface area contributed by atoms with Gasteiger partial charge in [0.05, 0.1) is 13.2 Å². The number of aliphatic hydroxyl groups is 1. The number of furan rings is 1. The van der Waals surface area contributed by atoms with Crippen molar-refractivity contribution in [2.75, 3.05) is 13.7 Å². The van der Waals surface area contributed by atoms with E-state index in [1.807, 2.05) is 24.3 Å². The van der Waals surface area contributed by atoms with Crippen LogP contribution in [0.15, 0.2) is 69.6 Å². The lowest BCUT2D eigenvalue weighted by molar-refractivity contribution is 0.0885. The first-order valence-electron chi connectivity index (χ1n) is 8.62. The second kappa shape index (κ2) is 9.43. The van der Waals surface area contributed by atoms with Gasteiger partial charge in [-0.25, -0.2) is 0 Å². The molecular weight excluding hydrogens is 426 g/mol. The molecule has 1 atom stereocenters. The number of hydrogen-bond acceptors (Lipinski definition) is 5. The minimum Gasteiger partial charge on any atom is -0.497 e. The molecule has 0 bridgehead atoms. The van der Waals surface area contributed by atoms with Crippen molar-refractivity contribution >= 4 is 21.8 Å². The van der Waals surface area contributed by atoms with Crippen LogP contribution in [0.4, 0.5) is 0 Å². The topological polar surface area (TPSA) is 80.9 Å². The van der Waals surface area contributed by atoms with E-state index in [1.165, 1.54) is 0 Å². The number of hydrogen-bond donors (Lipinski definition) is 2. The Morgan fingerprint density at radius 1 is 1.14 bits per heavy atom. The molecule has 6 nitrogen and oxygen atoms in total. The summed E-state index contributed by atoms with van der Waals surface area (Å²) in [4.78, 5) is 12.2. The lowest BCUT2D eigenvalue weighted by atomic mass is 10.1. The summed E-state index contributed by atoms with van der Waals surface area (Å²) in [5.41, 5.74) is 0.684. The van der Waals surface area contributed by atoms with Gasteiger partial charge in [-0.3, -0.25) is 4.79 Å². The molecule has 2 aromatic carbocycles. The van der Waals surface area contributed by atoms with Crippen LogP contribution < -0.4 is 14.8 Å². The van der Waals surface area contributed by atoms with Crippen LogP contribution in [0.3, 0.4) is 0 Å². The number of ether oxygens (including phenoxy) is 2. The molecule has 3 rings (SSSR count). The zero-order valence-corrected chi connectivity index (χ0v) is 16.8. The highest BCUT2D eigenvalue weighted by atomic mass is 79.9. The molecular formula is C21H20BrNO5. The quantitative estimate of drug-likeness (QED) is 0.545. The average molecular weight is 446 g/mol. The van der Waals surface area contributed by atoms with Crippen molar-refractivity contribution in [3.05, 3.63) is 82.2 Å². The molecule has 1 heterocycles. The molecule has 0 aliphatic heterocycles. The Morgan fingerprint density at radius 2 is 1.93 bits per heavy atom. The molecule has 0 fully saturated rings. The first-order valence-corrected chi connectivity index (χ1v) is 9.42. The van der Waals surface area contributed by atoms with Crippen LogP contribution in [-0.2, 0) is 6.61 Å². The van der Waals surface area contributed by atoms with E-state index in [4.69, 9.17) is 13.9 Å². The third-order valence-corrected chi connectivity index (χ3v) is 4.51. The van der Waals surface area contributed by atoms with Crippen LogP contribution in [0.1, 0.15) is 28.0 Å². The van der Waals surface area contributed by atoms with E-state index in [1.54, 1.807) is 43.5 Å². The Hall–Kier alpha value is -2.77. The molecule has 0 saturated heterocycles. The summed E-state index contributed by atoms with van der Waals surface area (Å²) in [6.07, 6.45) is -0.829. The molecule has 28 heavy (non-hydrogen) atoms. The van der Waals surface area contributed by atoms with Crippen molar-refractivity contribution in [1.29, 1.82) is 0 Å². The number of carbonyl (C=O) groups is 1. The van der Waals surface area contributed by atoms with Crippen molar-refractivity contribution in [3.8, 4) is 11.5 Å². The Kier molecular flexibility index (Phi) is 6.73. The van der Waals surface area contributed by atoms with E-state index in [2.05, 4.69) is 21.2 Å². The summed E-state index contributed by atoms with van der Waals surface area (Å²) in [5.74, 6) is 1.68. The van der Waals surface area contributed by atoms with E-state index in [0.29, 0.717) is 22.8 Å². The van der Waals surface area contributed by atoms with Crippen molar-refractivity contribution in [3.63, 3.8) is 0 Å². The number of nitrogens with one attached hydrogen (secondary N) is 1. The monoisotopic (exact) mass is 445 g/mol. The van der Waals surface area contributed by atoms with Gasteiger partial charge in [-0.2, -0.15) is 0 Å². The molecule has 1 amide bonds. The number of methoxy groups -OCH3 is 1. The maximum atomic E-state index is 12.2. The van der Waals surface area contributed by atoms with Gasteiger partial charge in [0.25, 0.3) is 5.91 Å². The molecule has 0 aliphatic carbocycles. The van der Waals surface area contributed by atoms with Crippen LogP contribution in [0.25, 0.3) is 0 Å². The van der Waals surface area contributed by atoms with Crippen molar-refractivity contribution in [1.82, 2.24) is 5.32 Å². The zero-order valence-electron chi connectivity index (χ0n) is 15.2. The molecule has 1 unspecified atom stereocenters. The fraction of sp³-hybridized carbons (Fsp3) is 0.190. The van der Waals surface area contributed by atoms with Crippen LogP contribution in [0, 0.1) is 0 Å². The lowest BCUT2D eigenvalue weighted by Crippen LogP contribution is -2.28. The number of benzene rings is 2. The summed E-state index contributed by atoms with van der Waals surface area (Å²) >= 11 is 3.38. The average Bonchev–Trinajstić information content (AvgIpc) is 3.19. The highest BCUT2D eigenvalue weighted by Gasteiger charge is 2.14. The Balaban J connectivity index is 1.50. The number of halogens is 1. The molecule has 1 aromatic heterocycles. The van der Waals surface area contributed by atoms with Crippen LogP contribution >= 0.6 is 15.9 Å². The summed E-state index contributed by atoms with van der Waals surface area (Å²) in [5, 5.41) is 12.9. The molecule has 7 heteroatoms. The maximum Gasteiger partial charge on any atom is 0.287 e. The first kappa shape index (κ1) is 20.0. The summed E-state index contributed by atoms with van der Waals surface area (Å²) in [7, 11) is 1.58. The molecule has 146 valence electrons. The van der Waals surface area contributed by atoms with Gasteiger partial charge >= 0.3 is 0 Å². The largest absolute Gasteiger partial charge is 0.497 e. The van der Waals surface area contributed by atoms with E-state index in [9.17, 15) is 9.90 Å². The van der Waals surface area contributed by atoms with Gasteiger partial charge in [-0.15, -0.1) is 0 Å². The fourth-order valence-electron chi connectivity index (χ4n) is 2.51. The van der Waals surface area contributed by atoms with Gasteiger partial charge in [0.1, 0.15) is 23.9 Å². The Bertz CT molecular complexity index is 923. The minimum atomic E-state index is -0.829. The van der Waals surface area contributed by atoms with Gasteiger partial charge < -0.3 is 24.3 Å². The van der Waals surface area contributed by atoms with E-state index in [-0.39, 0.29) is 18.9 Å². The van der Waals surface area contributed by atoms with Gasteiger partial charge in [-0.1, -0.05) is 34.1 Å². The fourth-order valence-corrected chi connectivity index (χ4v) is 2.89. The normalized spacial score (nSPS) is 11.7. The molecule has 0 spiro atoms. The predicted molar refractivity (Wildman–Crippen MR) is 107 cm³/mol. The number of amides is 1. The summed E-state index contributed by atoms with van der Waals surface area (Å²) < 4.78 is 17.2. The van der Waals surface area contributed by atoms with Crippen molar-refractivity contribution < 1.29 is 23.8 Å². The molecule has 2 N–H and O–H groups in total. The highest BCUT2D eigenvalue weighted by molar-refractivity contribution is 9.10. The SMILES string of the molecule is COc1ccc(C(O)CNC(=O)c2ccc(COc3cccc(Br)c3)o2)cc1. The van der Waals surface area contributed by atoms with Crippen molar-refractivity contribution in [2.45, 2.75) is 12.7 Å². The first-order chi connectivity index (χ1) is 13.5. The molecule has 0 radical (unpaired) electrons. The zero-order chi connectivity index (χ0) is 19.9. The molecule has 0 saturated carbocycles. The van der Waals surface area contributed by atoms with Gasteiger partial charge in [0, 0.05) is 11.0 Å². The highest BCUT2D eigenvalue weighted by Crippen LogP contribution is 2.20. The summed E-state index contributed by atoms with van der Waals surface area (Å²) in [6, 6.07) is 17.7. The molecule has 0 aliphatic rings. The van der Waals surface area contributed by atoms with E-state index in [0.717, 1.165) is 4.47 Å². The van der Waals surface area contributed by atoms with E-state index >= 15 is 0 Å². The minimum absolute atomic E-state index is 0.0652.